The molecule has 11 heteroatoms. The Labute approximate surface area is 187 Å². The summed E-state index contributed by atoms with van der Waals surface area (Å²) < 4.78 is 60.2. The van der Waals surface area contributed by atoms with Crippen LogP contribution in [0, 0.1) is 0 Å². The Morgan fingerprint density at radius 1 is 0.938 bits per heavy atom. The maximum absolute atomic E-state index is 12.6. The fraction of sp³-hybridized carbons (Fsp3) is 0.381. The molecule has 1 aliphatic heterocycles. The summed E-state index contributed by atoms with van der Waals surface area (Å²) in [6.07, 6.45) is 3.27. The molecule has 0 spiro atoms. The maximum Gasteiger partial charge on any atom is 0.255 e. The highest BCUT2D eigenvalue weighted by atomic mass is 32.2. The lowest BCUT2D eigenvalue weighted by Gasteiger charge is -2.12. The smallest absolute Gasteiger partial charge is 0.255 e. The summed E-state index contributed by atoms with van der Waals surface area (Å²) in [5, 5.41) is 2.65. The van der Waals surface area contributed by atoms with Crippen LogP contribution in [0.5, 0.6) is 0 Å². The van der Waals surface area contributed by atoms with Crippen molar-refractivity contribution in [1.82, 2.24) is 9.44 Å². The molecule has 1 unspecified atom stereocenters. The predicted molar refractivity (Wildman–Crippen MR) is 118 cm³/mol. The molecule has 0 bridgehead atoms. The van der Waals surface area contributed by atoms with Crippen LogP contribution >= 0.6 is 0 Å². The van der Waals surface area contributed by atoms with E-state index >= 15 is 0 Å². The average Bonchev–Trinajstić information content (AvgIpc) is 3.41. The molecule has 1 saturated carbocycles. The molecule has 1 heterocycles. The monoisotopic (exact) mass is 479 g/mol. The molecule has 0 radical (unpaired) electrons. The average molecular weight is 480 g/mol. The number of ether oxygens (including phenoxy) is 1. The topological polar surface area (TPSA) is 131 Å². The number of amides is 1. The zero-order valence-electron chi connectivity index (χ0n) is 17.3. The number of hydrogen-bond donors (Lipinski definition) is 3. The summed E-state index contributed by atoms with van der Waals surface area (Å²) in [7, 11) is -7.35. The number of benzene rings is 2. The summed E-state index contributed by atoms with van der Waals surface area (Å²) in [6.45, 7) is 0.849. The second kappa shape index (κ2) is 9.28. The Hall–Kier alpha value is -2.31. The minimum atomic E-state index is -3.71. The van der Waals surface area contributed by atoms with E-state index in [2.05, 4.69) is 14.8 Å². The van der Waals surface area contributed by atoms with Crippen LogP contribution in [-0.4, -0.2) is 48.0 Å². The number of carbonyl (C=O) groups is 1. The van der Waals surface area contributed by atoms with Gasteiger partial charge in [-0.1, -0.05) is 6.07 Å². The second-order valence-corrected chi connectivity index (χ2v) is 11.4. The standard InChI is InChI=1S/C21H25N3O6S2/c25-21(23-17-3-1-5-20(13-17)32(28,29)24-16-8-9-16)15-6-10-19(11-7-15)31(26,27)22-14-18-4-2-12-30-18/h1,3,5-7,10-11,13,16,18,22,24H,2,4,8-9,12,14H2,(H,23,25). The lowest BCUT2D eigenvalue weighted by Crippen LogP contribution is -2.31. The predicted octanol–water partition coefficient (Wildman–Crippen LogP) is 1.84. The van der Waals surface area contributed by atoms with E-state index in [-0.39, 0.29) is 34.0 Å². The molecule has 9 nitrogen and oxygen atoms in total. The summed E-state index contributed by atoms with van der Waals surface area (Å²) in [4.78, 5) is 12.7. The van der Waals surface area contributed by atoms with Crippen LogP contribution < -0.4 is 14.8 Å². The van der Waals surface area contributed by atoms with Crippen molar-refractivity contribution in [2.75, 3.05) is 18.5 Å². The van der Waals surface area contributed by atoms with E-state index in [1.165, 1.54) is 36.4 Å². The molecule has 4 rings (SSSR count). The van der Waals surface area contributed by atoms with Crippen molar-refractivity contribution in [1.29, 1.82) is 0 Å². The van der Waals surface area contributed by atoms with Crippen LogP contribution in [0.4, 0.5) is 5.69 Å². The first kappa shape index (κ1) is 22.9. The minimum Gasteiger partial charge on any atom is -0.377 e. The van der Waals surface area contributed by atoms with Gasteiger partial charge in [0.1, 0.15) is 0 Å². The van der Waals surface area contributed by atoms with Crippen molar-refractivity contribution in [3.05, 3.63) is 54.1 Å². The number of rotatable bonds is 9. The molecule has 2 aromatic rings. The lowest BCUT2D eigenvalue weighted by molar-refractivity contribution is 0.102. The van der Waals surface area contributed by atoms with Crippen LogP contribution in [-0.2, 0) is 24.8 Å². The fourth-order valence-corrected chi connectivity index (χ4v) is 5.73. The van der Waals surface area contributed by atoms with Gasteiger partial charge in [-0.25, -0.2) is 26.3 Å². The summed E-state index contributed by atoms with van der Waals surface area (Å²) in [5.41, 5.74) is 0.566. The normalized spacial score (nSPS) is 19.1. The molecule has 1 saturated heterocycles. The first-order valence-corrected chi connectivity index (χ1v) is 13.3. The molecule has 0 aromatic heterocycles. The highest BCUT2D eigenvalue weighted by Crippen LogP contribution is 2.23. The molecule has 2 aromatic carbocycles. The third kappa shape index (κ3) is 5.73. The van der Waals surface area contributed by atoms with Crippen LogP contribution in [0.15, 0.2) is 58.3 Å². The van der Waals surface area contributed by atoms with E-state index in [9.17, 15) is 21.6 Å². The van der Waals surface area contributed by atoms with Crippen LogP contribution in [0.25, 0.3) is 0 Å². The SMILES string of the molecule is O=C(Nc1cccc(S(=O)(=O)NC2CC2)c1)c1ccc(S(=O)(=O)NCC2CCCO2)cc1. The third-order valence-electron chi connectivity index (χ3n) is 5.25. The van der Waals surface area contributed by atoms with Crippen molar-refractivity contribution in [2.45, 2.75) is 47.6 Å². The molecular weight excluding hydrogens is 454 g/mol. The van der Waals surface area contributed by atoms with Crippen molar-refractivity contribution in [3.8, 4) is 0 Å². The Morgan fingerprint density at radius 3 is 2.34 bits per heavy atom. The number of carbonyl (C=O) groups excluding carboxylic acids is 1. The van der Waals surface area contributed by atoms with E-state index in [0.717, 1.165) is 25.7 Å². The number of hydrogen-bond acceptors (Lipinski definition) is 6. The highest BCUT2D eigenvalue weighted by Gasteiger charge is 2.28. The van der Waals surface area contributed by atoms with Gasteiger partial charge in [0.25, 0.3) is 5.91 Å². The van der Waals surface area contributed by atoms with Crippen molar-refractivity contribution in [3.63, 3.8) is 0 Å². The number of anilines is 1. The first-order chi connectivity index (χ1) is 15.2. The third-order valence-corrected chi connectivity index (χ3v) is 8.21. The number of nitrogens with one attached hydrogen (secondary N) is 3. The van der Waals surface area contributed by atoms with Gasteiger partial charge in [0.2, 0.25) is 20.0 Å². The molecule has 2 aliphatic rings. The zero-order chi connectivity index (χ0) is 22.8. The van der Waals surface area contributed by atoms with Crippen LogP contribution in [0.3, 0.4) is 0 Å². The summed E-state index contributed by atoms with van der Waals surface area (Å²) >= 11 is 0. The molecule has 172 valence electrons. The summed E-state index contributed by atoms with van der Waals surface area (Å²) in [6, 6.07) is 11.5. The Kier molecular flexibility index (Phi) is 6.63. The summed E-state index contributed by atoms with van der Waals surface area (Å²) in [5.74, 6) is -0.481. The van der Waals surface area contributed by atoms with Crippen molar-refractivity contribution < 1.29 is 26.4 Å². The zero-order valence-corrected chi connectivity index (χ0v) is 18.9. The van der Waals surface area contributed by atoms with E-state index in [1.54, 1.807) is 12.1 Å². The molecule has 1 atom stereocenters. The van der Waals surface area contributed by atoms with E-state index in [0.29, 0.717) is 12.3 Å². The van der Waals surface area contributed by atoms with Gasteiger partial charge in [-0.15, -0.1) is 0 Å². The lowest BCUT2D eigenvalue weighted by atomic mass is 10.2. The van der Waals surface area contributed by atoms with Crippen LogP contribution in [0.2, 0.25) is 0 Å². The van der Waals surface area contributed by atoms with E-state index < -0.39 is 26.0 Å². The van der Waals surface area contributed by atoms with Gasteiger partial charge in [-0.05, 0) is 68.1 Å². The van der Waals surface area contributed by atoms with Gasteiger partial charge in [-0.3, -0.25) is 4.79 Å². The molecular formula is C21H25N3O6S2. The van der Waals surface area contributed by atoms with Crippen molar-refractivity contribution >= 4 is 31.6 Å². The molecule has 2 fully saturated rings. The van der Waals surface area contributed by atoms with E-state index in [4.69, 9.17) is 4.74 Å². The molecule has 1 aliphatic carbocycles. The van der Waals surface area contributed by atoms with Gasteiger partial charge in [0, 0.05) is 30.4 Å². The van der Waals surface area contributed by atoms with Gasteiger partial charge < -0.3 is 10.1 Å². The highest BCUT2D eigenvalue weighted by molar-refractivity contribution is 7.89. The van der Waals surface area contributed by atoms with Gasteiger partial charge in [0.15, 0.2) is 0 Å². The molecule has 3 N–H and O–H groups in total. The quantitative estimate of drug-likeness (QED) is 0.503. The van der Waals surface area contributed by atoms with Gasteiger partial charge in [0.05, 0.1) is 15.9 Å². The van der Waals surface area contributed by atoms with Gasteiger partial charge in [-0.2, -0.15) is 0 Å². The largest absolute Gasteiger partial charge is 0.377 e. The van der Waals surface area contributed by atoms with E-state index in [1.807, 2.05) is 0 Å². The molecule has 32 heavy (non-hydrogen) atoms. The van der Waals surface area contributed by atoms with Crippen LogP contribution in [0.1, 0.15) is 36.0 Å². The second-order valence-electron chi connectivity index (χ2n) is 7.89. The van der Waals surface area contributed by atoms with Crippen molar-refractivity contribution in [2.24, 2.45) is 0 Å². The minimum absolute atomic E-state index is 0.0202. The fourth-order valence-electron chi connectivity index (χ4n) is 3.31. The Morgan fingerprint density at radius 2 is 1.69 bits per heavy atom. The molecule has 1 amide bonds. The first-order valence-electron chi connectivity index (χ1n) is 10.4. The Balaban J connectivity index is 1.40. The Bertz CT molecular complexity index is 1190. The maximum atomic E-state index is 12.6. The number of sulfonamides is 2. The van der Waals surface area contributed by atoms with Gasteiger partial charge >= 0.3 is 0 Å².